The van der Waals surface area contributed by atoms with Crippen molar-refractivity contribution in [2.24, 2.45) is 0 Å². The van der Waals surface area contributed by atoms with Gasteiger partial charge in [-0.05, 0) is 42.0 Å². The van der Waals surface area contributed by atoms with E-state index in [1.54, 1.807) is 0 Å². The van der Waals surface area contributed by atoms with Gasteiger partial charge in [-0.2, -0.15) is 0 Å². The normalized spacial score (nSPS) is 15.9. The number of fused-ring (bicyclic) bond motifs is 9. The molecule has 0 aliphatic carbocycles. The first kappa shape index (κ1) is 20.8. The molecule has 4 heterocycles. The Balaban J connectivity index is 1.36. The smallest absolute Gasteiger partial charge is 0.143 e. The summed E-state index contributed by atoms with van der Waals surface area (Å²) >= 11 is 0. The molecule has 2 aliphatic rings. The van der Waals surface area contributed by atoms with Crippen LogP contribution in [0, 0.1) is 0 Å². The van der Waals surface area contributed by atoms with Crippen molar-refractivity contribution in [3.8, 4) is 22.3 Å². The first-order valence-corrected chi connectivity index (χ1v) is 13.2. The molecule has 0 bridgehead atoms. The minimum atomic E-state index is 0.0656. The molecule has 0 radical (unpaired) electrons. The molecule has 2 aliphatic heterocycles. The molecule has 7 aromatic rings. The number of hydrogen-bond acceptors (Lipinski definition) is 4. The SMILES string of the molecule is C1=CC2Nc3c(-c4cccc5c4oc4ccccc45)cc(-c4cccc5c4oc4ccccc45)cc3N2C=C1. The minimum Gasteiger partial charge on any atom is -0.455 e. The van der Waals surface area contributed by atoms with E-state index in [0.717, 1.165) is 77.5 Å². The highest BCUT2D eigenvalue weighted by atomic mass is 16.3. The molecule has 0 saturated heterocycles. The van der Waals surface area contributed by atoms with Gasteiger partial charge in [-0.25, -0.2) is 0 Å². The second kappa shape index (κ2) is 7.65. The quantitative estimate of drug-likeness (QED) is 0.256. The van der Waals surface area contributed by atoms with E-state index >= 15 is 0 Å². The van der Waals surface area contributed by atoms with Crippen molar-refractivity contribution >= 4 is 55.3 Å². The van der Waals surface area contributed by atoms with Crippen LogP contribution >= 0.6 is 0 Å². The van der Waals surface area contributed by atoms with Crippen molar-refractivity contribution in [2.45, 2.75) is 6.17 Å². The zero-order valence-corrected chi connectivity index (χ0v) is 20.9. The molecular formula is C35H22N2O2. The number of anilines is 2. The Hall–Kier alpha value is -5.22. The Labute approximate surface area is 224 Å². The molecule has 9 rings (SSSR count). The van der Waals surface area contributed by atoms with E-state index in [2.05, 4.69) is 107 Å². The number of nitrogens with zero attached hydrogens (tertiary/aromatic N) is 1. The topological polar surface area (TPSA) is 41.6 Å². The van der Waals surface area contributed by atoms with Gasteiger partial charge in [0.2, 0.25) is 0 Å². The third kappa shape index (κ3) is 2.88. The summed E-state index contributed by atoms with van der Waals surface area (Å²) < 4.78 is 12.9. The summed E-state index contributed by atoms with van der Waals surface area (Å²) in [7, 11) is 0. The van der Waals surface area contributed by atoms with Gasteiger partial charge in [0.15, 0.2) is 0 Å². The lowest BCUT2D eigenvalue weighted by Crippen LogP contribution is -2.30. The molecule has 0 amide bonds. The van der Waals surface area contributed by atoms with Crippen LogP contribution in [0.5, 0.6) is 0 Å². The van der Waals surface area contributed by atoms with Crippen LogP contribution in [0.3, 0.4) is 0 Å². The van der Waals surface area contributed by atoms with Crippen LogP contribution in [-0.4, -0.2) is 6.17 Å². The predicted molar refractivity (Wildman–Crippen MR) is 160 cm³/mol. The molecule has 5 aromatic carbocycles. The molecule has 0 saturated carbocycles. The lowest BCUT2D eigenvalue weighted by atomic mass is 9.94. The predicted octanol–water partition coefficient (Wildman–Crippen LogP) is 9.46. The number of allylic oxidation sites excluding steroid dienone is 2. The first-order chi connectivity index (χ1) is 19.3. The zero-order chi connectivity index (χ0) is 25.5. The summed E-state index contributed by atoms with van der Waals surface area (Å²) in [6.45, 7) is 0. The average molecular weight is 503 g/mol. The Morgan fingerprint density at radius 1 is 0.590 bits per heavy atom. The fourth-order valence-electron chi connectivity index (χ4n) is 6.28. The number of hydrogen-bond donors (Lipinski definition) is 1. The van der Waals surface area contributed by atoms with Crippen molar-refractivity contribution < 1.29 is 8.83 Å². The lowest BCUT2D eigenvalue weighted by molar-refractivity contribution is 0.670. The molecule has 0 fully saturated rings. The number of benzene rings is 5. The van der Waals surface area contributed by atoms with Gasteiger partial charge in [0, 0.05) is 44.4 Å². The maximum absolute atomic E-state index is 6.48. The van der Waals surface area contributed by atoms with E-state index in [1.807, 2.05) is 24.3 Å². The van der Waals surface area contributed by atoms with Gasteiger partial charge in [0.25, 0.3) is 0 Å². The van der Waals surface area contributed by atoms with Crippen molar-refractivity contribution in [1.29, 1.82) is 0 Å². The lowest BCUT2D eigenvalue weighted by Gasteiger charge is -2.22. The monoisotopic (exact) mass is 502 g/mol. The van der Waals surface area contributed by atoms with E-state index in [9.17, 15) is 0 Å². The molecule has 1 unspecified atom stereocenters. The highest BCUT2D eigenvalue weighted by molar-refractivity contribution is 6.13. The molecule has 4 nitrogen and oxygen atoms in total. The van der Waals surface area contributed by atoms with Crippen LogP contribution in [0.15, 0.2) is 130 Å². The van der Waals surface area contributed by atoms with Gasteiger partial charge in [0.1, 0.15) is 28.5 Å². The number of para-hydroxylation sites is 4. The van der Waals surface area contributed by atoms with Gasteiger partial charge in [-0.3, -0.25) is 0 Å². The Morgan fingerprint density at radius 3 is 1.97 bits per heavy atom. The summed E-state index contributed by atoms with van der Waals surface area (Å²) in [6, 6.07) is 33.9. The van der Waals surface area contributed by atoms with E-state index in [1.165, 1.54) is 0 Å². The zero-order valence-electron chi connectivity index (χ0n) is 20.9. The standard InChI is InChI=1S/C35H22N2O2/c1-3-15-30-23(9-1)25-12-7-11-22(34(25)38-30)21-19-28(33-29(20-21)37-18-6-5-17-32(37)36-33)27-14-8-13-26-24-10-2-4-16-31(24)39-35(26)27/h1-20,32,36H. The van der Waals surface area contributed by atoms with Gasteiger partial charge >= 0.3 is 0 Å². The molecular weight excluding hydrogens is 480 g/mol. The number of rotatable bonds is 2. The number of nitrogens with one attached hydrogen (secondary N) is 1. The average Bonchev–Trinajstić information content (AvgIpc) is 3.68. The van der Waals surface area contributed by atoms with Gasteiger partial charge < -0.3 is 19.1 Å². The number of furan rings is 2. The van der Waals surface area contributed by atoms with Crippen LogP contribution in [0.2, 0.25) is 0 Å². The summed E-state index contributed by atoms with van der Waals surface area (Å²) in [5.41, 5.74) is 10.2. The molecule has 2 aromatic heterocycles. The summed E-state index contributed by atoms with van der Waals surface area (Å²) in [5, 5.41) is 8.27. The molecule has 4 heteroatoms. The van der Waals surface area contributed by atoms with E-state index in [-0.39, 0.29) is 6.17 Å². The molecule has 184 valence electrons. The van der Waals surface area contributed by atoms with Crippen molar-refractivity contribution in [2.75, 3.05) is 10.2 Å². The Bertz CT molecular complexity index is 2180. The van der Waals surface area contributed by atoms with Gasteiger partial charge in [0.05, 0.1) is 11.4 Å². The second-order valence-electron chi connectivity index (χ2n) is 10.2. The maximum Gasteiger partial charge on any atom is 0.143 e. The summed E-state index contributed by atoms with van der Waals surface area (Å²) in [5.74, 6) is 0. The first-order valence-electron chi connectivity index (χ1n) is 13.2. The summed E-state index contributed by atoms with van der Waals surface area (Å²) in [4.78, 5) is 2.29. The third-order valence-electron chi connectivity index (χ3n) is 8.05. The van der Waals surface area contributed by atoms with Crippen LogP contribution in [0.25, 0.3) is 66.1 Å². The molecule has 1 atom stereocenters. The molecule has 39 heavy (non-hydrogen) atoms. The maximum atomic E-state index is 6.48. The molecule has 0 spiro atoms. The summed E-state index contributed by atoms with van der Waals surface area (Å²) in [6.07, 6.45) is 8.57. The Kier molecular flexibility index (Phi) is 4.08. The highest BCUT2D eigenvalue weighted by Crippen LogP contribution is 2.49. The van der Waals surface area contributed by atoms with E-state index in [0.29, 0.717) is 0 Å². The van der Waals surface area contributed by atoms with Gasteiger partial charge in [-0.1, -0.05) is 78.9 Å². The largest absolute Gasteiger partial charge is 0.455 e. The van der Waals surface area contributed by atoms with Crippen LogP contribution < -0.4 is 10.2 Å². The minimum absolute atomic E-state index is 0.0656. The highest BCUT2D eigenvalue weighted by Gasteiger charge is 2.31. The van der Waals surface area contributed by atoms with Crippen molar-refractivity contribution in [3.05, 3.63) is 121 Å². The Morgan fingerprint density at radius 2 is 1.23 bits per heavy atom. The van der Waals surface area contributed by atoms with E-state index in [4.69, 9.17) is 8.83 Å². The van der Waals surface area contributed by atoms with Crippen molar-refractivity contribution in [3.63, 3.8) is 0 Å². The van der Waals surface area contributed by atoms with Crippen LogP contribution in [0.4, 0.5) is 11.4 Å². The van der Waals surface area contributed by atoms with Crippen LogP contribution in [0.1, 0.15) is 0 Å². The fourth-order valence-corrected chi connectivity index (χ4v) is 6.28. The van der Waals surface area contributed by atoms with Crippen molar-refractivity contribution in [1.82, 2.24) is 0 Å². The van der Waals surface area contributed by atoms with Gasteiger partial charge in [-0.15, -0.1) is 0 Å². The van der Waals surface area contributed by atoms with Crippen LogP contribution in [-0.2, 0) is 0 Å². The van der Waals surface area contributed by atoms with E-state index < -0.39 is 0 Å². The second-order valence-corrected chi connectivity index (χ2v) is 10.2. The third-order valence-corrected chi connectivity index (χ3v) is 8.05. The fraction of sp³-hybridized carbons (Fsp3) is 0.0286. The molecule has 1 N–H and O–H groups in total.